The number of carbonyl (C=O) groups excluding carboxylic acids is 1. The van der Waals surface area contributed by atoms with Crippen LogP contribution in [0.2, 0.25) is 0 Å². The van der Waals surface area contributed by atoms with Crippen molar-refractivity contribution in [2.24, 2.45) is 0 Å². The second-order valence-corrected chi connectivity index (χ2v) is 5.59. The number of anilines is 1. The average molecular weight is 344 g/mol. The van der Waals surface area contributed by atoms with E-state index in [2.05, 4.69) is 22.9 Å². The molecule has 0 bridgehead atoms. The molecule has 0 spiro atoms. The molecular weight excluding hydrogens is 321 g/mol. The summed E-state index contributed by atoms with van der Waals surface area (Å²) < 4.78 is 13.3. The number of unbranched alkanes of at least 4 members (excludes halogenated alkanes) is 4. The molecule has 0 unspecified atom stereocenters. The van der Waals surface area contributed by atoms with Crippen molar-refractivity contribution < 1.29 is 9.18 Å². The standard InChI is InChI=1S/C16H23BrFNO/c1-3-4-5-6-7-10-19(16(20)12-17)14-8-9-15(18)13(2)11-14/h8-9,11H,3-7,10,12H2,1-2H3. The van der Waals surface area contributed by atoms with Crippen LogP contribution in [0.4, 0.5) is 10.1 Å². The fourth-order valence-corrected chi connectivity index (χ4v) is 2.44. The smallest absolute Gasteiger partial charge is 0.237 e. The Hall–Kier alpha value is -0.900. The van der Waals surface area contributed by atoms with Crippen LogP contribution in [0, 0.1) is 12.7 Å². The summed E-state index contributed by atoms with van der Waals surface area (Å²) in [7, 11) is 0. The summed E-state index contributed by atoms with van der Waals surface area (Å²) in [6.07, 6.45) is 5.76. The third-order valence-electron chi connectivity index (χ3n) is 3.35. The van der Waals surface area contributed by atoms with Crippen LogP contribution in [-0.2, 0) is 4.79 Å². The highest BCUT2D eigenvalue weighted by molar-refractivity contribution is 9.09. The molecule has 1 rings (SSSR count). The Kier molecular flexibility index (Phi) is 7.82. The number of rotatable bonds is 8. The van der Waals surface area contributed by atoms with Crippen molar-refractivity contribution in [3.8, 4) is 0 Å². The third kappa shape index (κ3) is 5.23. The molecule has 0 N–H and O–H groups in total. The zero-order valence-electron chi connectivity index (χ0n) is 12.3. The van der Waals surface area contributed by atoms with E-state index in [4.69, 9.17) is 0 Å². The van der Waals surface area contributed by atoms with E-state index in [9.17, 15) is 9.18 Å². The highest BCUT2D eigenvalue weighted by Gasteiger charge is 2.15. The Balaban J connectivity index is 2.68. The summed E-state index contributed by atoms with van der Waals surface area (Å²) in [5.41, 5.74) is 1.35. The second-order valence-electron chi connectivity index (χ2n) is 5.03. The first-order valence-electron chi connectivity index (χ1n) is 7.22. The first-order chi connectivity index (χ1) is 9.60. The Morgan fingerprint density at radius 1 is 1.25 bits per heavy atom. The largest absolute Gasteiger partial charge is 0.312 e. The van der Waals surface area contributed by atoms with Crippen LogP contribution in [0.25, 0.3) is 0 Å². The Morgan fingerprint density at radius 3 is 2.55 bits per heavy atom. The summed E-state index contributed by atoms with van der Waals surface area (Å²) in [6, 6.07) is 4.84. The zero-order chi connectivity index (χ0) is 15.0. The van der Waals surface area contributed by atoms with Gasteiger partial charge in [0.25, 0.3) is 0 Å². The van der Waals surface area contributed by atoms with Crippen molar-refractivity contribution in [3.63, 3.8) is 0 Å². The normalized spacial score (nSPS) is 10.6. The van der Waals surface area contributed by atoms with Crippen LogP contribution in [0.1, 0.15) is 44.6 Å². The molecule has 112 valence electrons. The van der Waals surface area contributed by atoms with E-state index in [1.54, 1.807) is 24.0 Å². The third-order valence-corrected chi connectivity index (χ3v) is 3.83. The van der Waals surface area contributed by atoms with Gasteiger partial charge in [0.05, 0.1) is 5.33 Å². The molecule has 0 aliphatic rings. The maximum Gasteiger partial charge on any atom is 0.237 e. The Labute approximate surface area is 129 Å². The fourth-order valence-electron chi connectivity index (χ4n) is 2.14. The molecule has 0 aliphatic heterocycles. The molecule has 0 fully saturated rings. The molecule has 1 aromatic carbocycles. The van der Waals surface area contributed by atoms with E-state index in [1.807, 2.05) is 0 Å². The maximum atomic E-state index is 13.3. The van der Waals surface area contributed by atoms with Gasteiger partial charge in [0.2, 0.25) is 5.91 Å². The summed E-state index contributed by atoms with van der Waals surface area (Å²) in [5.74, 6) is -0.213. The van der Waals surface area contributed by atoms with E-state index < -0.39 is 0 Å². The molecule has 0 aromatic heterocycles. The first kappa shape index (κ1) is 17.2. The summed E-state index contributed by atoms with van der Waals surface area (Å²) in [5, 5.41) is 0.290. The van der Waals surface area contributed by atoms with Gasteiger partial charge in [-0.15, -0.1) is 0 Å². The minimum atomic E-state index is -0.233. The predicted molar refractivity (Wildman–Crippen MR) is 86.0 cm³/mol. The summed E-state index contributed by atoms with van der Waals surface area (Å²) >= 11 is 3.21. The lowest BCUT2D eigenvalue weighted by atomic mass is 10.1. The van der Waals surface area contributed by atoms with Crippen molar-refractivity contribution in [2.75, 3.05) is 16.8 Å². The molecule has 0 heterocycles. The number of hydrogen-bond acceptors (Lipinski definition) is 1. The molecule has 0 saturated heterocycles. The highest BCUT2D eigenvalue weighted by atomic mass is 79.9. The van der Waals surface area contributed by atoms with Crippen molar-refractivity contribution in [3.05, 3.63) is 29.6 Å². The number of carbonyl (C=O) groups is 1. The predicted octanol–water partition coefficient (Wildman–Crippen LogP) is 4.83. The summed E-state index contributed by atoms with van der Waals surface area (Å²) in [6.45, 7) is 4.60. The molecule has 2 nitrogen and oxygen atoms in total. The fraction of sp³-hybridized carbons (Fsp3) is 0.562. The number of nitrogens with zero attached hydrogens (tertiary/aromatic N) is 1. The lowest BCUT2D eigenvalue weighted by Gasteiger charge is -2.22. The number of halogens is 2. The Bertz CT molecular complexity index is 436. The molecule has 0 radical (unpaired) electrons. The van der Waals surface area contributed by atoms with Gasteiger partial charge in [-0.3, -0.25) is 4.79 Å². The number of amides is 1. The topological polar surface area (TPSA) is 20.3 Å². The van der Waals surface area contributed by atoms with Gasteiger partial charge < -0.3 is 4.90 Å². The van der Waals surface area contributed by atoms with Crippen molar-refractivity contribution >= 4 is 27.5 Å². The van der Waals surface area contributed by atoms with Gasteiger partial charge in [-0.05, 0) is 37.1 Å². The summed E-state index contributed by atoms with van der Waals surface area (Å²) in [4.78, 5) is 13.8. The van der Waals surface area contributed by atoms with Crippen LogP contribution >= 0.6 is 15.9 Å². The van der Waals surface area contributed by atoms with Crippen LogP contribution in [-0.4, -0.2) is 17.8 Å². The van der Waals surface area contributed by atoms with E-state index >= 15 is 0 Å². The van der Waals surface area contributed by atoms with Gasteiger partial charge in [0.1, 0.15) is 5.82 Å². The molecule has 0 atom stereocenters. The monoisotopic (exact) mass is 343 g/mol. The minimum Gasteiger partial charge on any atom is -0.312 e. The van der Waals surface area contributed by atoms with Gasteiger partial charge in [0, 0.05) is 12.2 Å². The van der Waals surface area contributed by atoms with Gasteiger partial charge in [-0.2, -0.15) is 0 Å². The molecular formula is C16H23BrFNO. The van der Waals surface area contributed by atoms with Gasteiger partial charge in [0.15, 0.2) is 0 Å². The quantitative estimate of drug-likeness (QED) is 0.488. The maximum absolute atomic E-state index is 13.3. The Morgan fingerprint density at radius 2 is 1.95 bits per heavy atom. The molecule has 0 saturated carbocycles. The van der Waals surface area contributed by atoms with Crippen molar-refractivity contribution in [1.29, 1.82) is 0 Å². The van der Waals surface area contributed by atoms with Gasteiger partial charge in [-0.25, -0.2) is 4.39 Å². The van der Waals surface area contributed by atoms with Gasteiger partial charge >= 0.3 is 0 Å². The van der Waals surface area contributed by atoms with Crippen LogP contribution in [0.3, 0.4) is 0 Å². The number of hydrogen-bond donors (Lipinski definition) is 0. The SMILES string of the molecule is CCCCCCCN(C(=O)CBr)c1ccc(F)c(C)c1. The van der Waals surface area contributed by atoms with Crippen LogP contribution in [0.15, 0.2) is 18.2 Å². The van der Waals surface area contributed by atoms with Gasteiger partial charge in [-0.1, -0.05) is 48.5 Å². The highest BCUT2D eigenvalue weighted by Crippen LogP contribution is 2.20. The van der Waals surface area contributed by atoms with E-state index in [0.29, 0.717) is 17.4 Å². The average Bonchev–Trinajstić information content (AvgIpc) is 2.45. The molecule has 4 heteroatoms. The van der Waals surface area contributed by atoms with E-state index in [1.165, 1.54) is 25.3 Å². The molecule has 20 heavy (non-hydrogen) atoms. The zero-order valence-corrected chi connectivity index (χ0v) is 13.9. The molecule has 1 amide bonds. The van der Waals surface area contributed by atoms with Crippen LogP contribution in [0.5, 0.6) is 0 Å². The van der Waals surface area contributed by atoms with Crippen LogP contribution < -0.4 is 4.90 Å². The first-order valence-corrected chi connectivity index (χ1v) is 8.34. The molecule has 1 aromatic rings. The molecule has 0 aliphatic carbocycles. The van der Waals surface area contributed by atoms with Crippen molar-refractivity contribution in [2.45, 2.75) is 46.0 Å². The van der Waals surface area contributed by atoms with E-state index in [-0.39, 0.29) is 11.7 Å². The number of aryl methyl sites for hydroxylation is 1. The second kappa shape index (κ2) is 9.11. The number of benzene rings is 1. The number of alkyl halides is 1. The minimum absolute atomic E-state index is 0.0199. The lowest BCUT2D eigenvalue weighted by Crippen LogP contribution is -2.32. The van der Waals surface area contributed by atoms with E-state index in [0.717, 1.165) is 18.5 Å². The van der Waals surface area contributed by atoms with Crippen molar-refractivity contribution in [1.82, 2.24) is 0 Å². The lowest BCUT2D eigenvalue weighted by molar-refractivity contribution is -0.116.